The first-order valence-electron chi connectivity index (χ1n) is 7.34. The molecule has 0 fully saturated rings. The smallest absolute Gasteiger partial charge is 0.319 e. The largest absolute Gasteiger partial charge is 0.492 e. The molecule has 2 aromatic rings. The second-order valence-corrected chi connectivity index (χ2v) is 5.38. The zero-order valence-corrected chi connectivity index (χ0v) is 13.9. The molecule has 0 aliphatic heterocycles. The van der Waals surface area contributed by atoms with Crippen LogP contribution in [0.2, 0.25) is 5.02 Å². The highest BCUT2D eigenvalue weighted by Crippen LogP contribution is 2.16. The Bertz CT molecular complexity index is 704. The van der Waals surface area contributed by atoms with Crippen molar-refractivity contribution in [2.24, 2.45) is 0 Å². The molecule has 0 unspecified atom stereocenters. The van der Waals surface area contributed by atoms with Gasteiger partial charge in [0.15, 0.2) is 0 Å². The molecule has 2 rings (SSSR count). The van der Waals surface area contributed by atoms with Crippen molar-refractivity contribution in [2.45, 2.75) is 6.92 Å². The van der Waals surface area contributed by atoms with Crippen molar-refractivity contribution in [1.82, 2.24) is 5.32 Å². The molecule has 0 aromatic heterocycles. The maximum absolute atomic E-state index is 11.8. The van der Waals surface area contributed by atoms with E-state index in [9.17, 15) is 9.59 Å². The highest BCUT2D eigenvalue weighted by atomic mass is 35.5. The topological polar surface area (TPSA) is 79.5 Å². The lowest BCUT2D eigenvalue weighted by molar-refractivity contribution is -0.114. The second-order valence-electron chi connectivity index (χ2n) is 4.95. The number of rotatable bonds is 6. The van der Waals surface area contributed by atoms with Gasteiger partial charge in [0, 0.05) is 23.3 Å². The van der Waals surface area contributed by atoms with E-state index in [1.807, 2.05) is 0 Å². The predicted molar refractivity (Wildman–Crippen MR) is 94.7 cm³/mol. The van der Waals surface area contributed by atoms with Gasteiger partial charge in [0.05, 0.1) is 6.54 Å². The minimum absolute atomic E-state index is 0.170. The van der Waals surface area contributed by atoms with Crippen molar-refractivity contribution in [2.75, 3.05) is 23.8 Å². The summed E-state index contributed by atoms with van der Waals surface area (Å²) in [4.78, 5) is 22.8. The van der Waals surface area contributed by atoms with Gasteiger partial charge in [-0.15, -0.1) is 0 Å². The van der Waals surface area contributed by atoms with Crippen LogP contribution in [-0.2, 0) is 4.79 Å². The maximum Gasteiger partial charge on any atom is 0.319 e. The van der Waals surface area contributed by atoms with Crippen LogP contribution in [0.4, 0.5) is 16.2 Å². The SMILES string of the molecule is CC(=O)Nc1cccc(NC(=O)NCCOc2ccc(Cl)cc2)c1. The molecule has 0 bridgehead atoms. The molecule has 126 valence electrons. The van der Waals surface area contributed by atoms with Gasteiger partial charge in [-0.05, 0) is 42.5 Å². The Morgan fingerprint density at radius 2 is 1.71 bits per heavy atom. The van der Waals surface area contributed by atoms with Crippen molar-refractivity contribution < 1.29 is 14.3 Å². The van der Waals surface area contributed by atoms with E-state index in [0.29, 0.717) is 35.3 Å². The zero-order valence-electron chi connectivity index (χ0n) is 13.1. The van der Waals surface area contributed by atoms with E-state index in [4.69, 9.17) is 16.3 Å². The van der Waals surface area contributed by atoms with Crippen molar-refractivity contribution in [3.05, 3.63) is 53.6 Å². The van der Waals surface area contributed by atoms with E-state index < -0.39 is 0 Å². The van der Waals surface area contributed by atoms with Gasteiger partial charge in [-0.3, -0.25) is 4.79 Å². The number of ether oxygens (including phenoxy) is 1. The van der Waals surface area contributed by atoms with Crippen LogP contribution < -0.4 is 20.7 Å². The lowest BCUT2D eigenvalue weighted by atomic mass is 10.3. The zero-order chi connectivity index (χ0) is 17.4. The molecule has 0 aliphatic rings. The van der Waals surface area contributed by atoms with Gasteiger partial charge in [-0.1, -0.05) is 17.7 Å². The molecule has 0 aliphatic carbocycles. The molecule has 3 amide bonds. The number of hydrogen-bond acceptors (Lipinski definition) is 3. The Morgan fingerprint density at radius 3 is 2.38 bits per heavy atom. The molecule has 0 saturated carbocycles. The summed E-state index contributed by atoms with van der Waals surface area (Å²) in [5, 5.41) is 8.66. The summed E-state index contributed by atoms with van der Waals surface area (Å²) in [5.74, 6) is 0.514. The fraction of sp³-hybridized carbons (Fsp3) is 0.176. The summed E-state index contributed by atoms with van der Waals surface area (Å²) in [6, 6.07) is 13.5. The van der Waals surface area contributed by atoms with Crippen LogP contribution in [0, 0.1) is 0 Å². The Morgan fingerprint density at radius 1 is 1.04 bits per heavy atom. The van der Waals surface area contributed by atoms with Crippen LogP contribution in [0.15, 0.2) is 48.5 Å². The molecule has 0 spiro atoms. The molecule has 7 heteroatoms. The minimum Gasteiger partial charge on any atom is -0.492 e. The first kappa shape index (κ1) is 17.6. The molecule has 0 radical (unpaired) electrons. The van der Waals surface area contributed by atoms with Gasteiger partial charge in [0.2, 0.25) is 5.91 Å². The van der Waals surface area contributed by atoms with Crippen LogP contribution in [0.25, 0.3) is 0 Å². The first-order chi connectivity index (χ1) is 11.5. The number of halogens is 1. The number of hydrogen-bond donors (Lipinski definition) is 3. The summed E-state index contributed by atoms with van der Waals surface area (Å²) in [7, 11) is 0. The summed E-state index contributed by atoms with van der Waals surface area (Å²) in [5.41, 5.74) is 1.20. The normalized spacial score (nSPS) is 9.92. The third-order valence-electron chi connectivity index (χ3n) is 2.91. The van der Waals surface area contributed by atoms with Gasteiger partial charge >= 0.3 is 6.03 Å². The monoisotopic (exact) mass is 347 g/mol. The summed E-state index contributed by atoms with van der Waals surface area (Å²) in [6.07, 6.45) is 0. The van der Waals surface area contributed by atoms with Crippen molar-refractivity contribution in [1.29, 1.82) is 0 Å². The number of carbonyl (C=O) groups is 2. The molecule has 2 aromatic carbocycles. The molecule has 6 nitrogen and oxygen atoms in total. The van der Waals surface area contributed by atoms with Crippen molar-refractivity contribution in [3.8, 4) is 5.75 Å². The van der Waals surface area contributed by atoms with Crippen LogP contribution in [0.3, 0.4) is 0 Å². The minimum atomic E-state index is -0.352. The van der Waals surface area contributed by atoms with Crippen LogP contribution in [-0.4, -0.2) is 25.1 Å². The van der Waals surface area contributed by atoms with E-state index in [0.717, 1.165) is 0 Å². The fourth-order valence-corrected chi connectivity index (χ4v) is 2.04. The highest BCUT2D eigenvalue weighted by molar-refractivity contribution is 6.30. The van der Waals surface area contributed by atoms with Crippen molar-refractivity contribution in [3.63, 3.8) is 0 Å². The quantitative estimate of drug-likeness (QED) is 0.700. The number of nitrogens with one attached hydrogen (secondary N) is 3. The molecular formula is C17H18ClN3O3. The second kappa shape index (κ2) is 8.79. The van der Waals surface area contributed by atoms with Gasteiger partial charge < -0.3 is 20.7 Å². The number of urea groups is 1. The standard InChI is InChI=1S/C17H18ClN3O3/c1-12(22)20-14-3-2-4-15(11-14)21-17(23)19-9-10-24-16-7-5-13(18)6-8-16/h2-8,11H,9-10H2,1H3,(H,20,22)(H2,19,21,23). The molecular weight excluding hydrogens is 330 g/mol. The number of carbonyl (C=O) groups excluding carboxylic acids is 2. The third-order valence-corrected chi connectivity index (χ3v) is 3.16. The highest BCUT2D eigenvalue weighted by Gasteiger charge is 2.03. The predicted octanol–water partition coefficient (Wildman–Crippen LogP) is 3.50. The van der Waals surface area contributed by atoms with Gasteiger partial charge in [0.25, 0.3) is 0 Å². The van der Waals surface area contributed by atoms with Crippen LogP contribution in [0.1, 0.15) is 6.92 Å². The summed E-state index contributed by atoms with van der Waals surface area (Å²) in [6.45, 7) is 2.11. The lowest BCUT2D eigenvalue weighted by Gasteiger charge is -2.10. The van der Waals surface area contributed by atoms with Gasteiger partial charge in [0.1, 0.15) is 12.4 Å². The fourth-order valence-electron chi connectivity index (χ4n) is 1.92. The van der Waals surface area contributed by atoms with Crippen molar-refractivity contribution >= 4 is 34.9 Å². The van der Waals surface area contributed by atoms with E-state index in [1.165, 1.54) is 6.92 Å². The molecule has 0 atom stereocenters. The Balaban J connectivity index is 1.73. The van der Waals surface area contributed by atoms with E-state index in [-0.39, 0.29) is 11.9 Å². The maximum atomic E-state index is 11.8. The molecule has 0 saturated heterocycles. The van der Waals surface area contributed by atoms with Gasteiger partial charge in [-0.2, -0.15) is 0 Å². The molecule has 24 heavy (non-hydrogen) atoms. The summed E-state index contributed by atoms with van der Waals surface area (Å²) >= 11 is 5.79. The van der Waals surface area contributed by atoms with E-state index in [2.05, 4.69) is 16.0 Å². The average molecular weight is 348 g/mol. The average Bonchev–Trinajstić information content (AvgIpc) is 2.53. The number of anilines is 2. The third kappa shape index (κ3) is 6.18. The summed E-state index contributed by atoms with van der Waals surface area (Å²) < 4.78 is 5.48. The molecule has 3 N–H and O–H groups in total. The Labute approximate surface area is 145 Å². The van der Waals surface area contributed by atoms with E-state index in [1.54, 1.807) is 48.5 Å². The van der Waals surface area contributed by atoms with Crippen LogP contribution >= 0.6 is 11.6 Å². The van der Waals surface area contributed by atoms with Gasteiger partial charge in [-0.25, -0.2) is 4.79 Å². The van der Waals surface area contributed by atoms with E-state index >= 15 is 0 Å². The lowest BCUT2D eigenvalue weighted by Crippen LogP contribution is -2.32. The molecule has 0 heterocycles. The Hall–Kier alpha value is -2.73. The first-order valence-corrected chi connectivity index (χ1v) is 7.71. The van der Waals surface area contributed by atoms with Crippen LogP contribution in [0.5, 0.6) is 5.75 Å². The number of benzene rings is 2. The Kier molecular flexibility index (Phi) is 6.45. The number of amides is 3.